The van der Waals surface area contributed by atoms with Crippen molar-refractivity contribution < 1.29 is 19.0 Å². The maximum absolute atomic E-state index is 5.54. The number of nitrogens with one attached hydrogen (secondary N) is 1. The Hall–Kier alpha value is -2.99. The van der Waals surface area contributed by atoms with Crippen molar-refractivity contribution in [1.82, 2.24) is 4.98 Å². The number of benzene rings is 2. The Balaban J connectivity index is 2.03. The minimum absolute atomic E-state index is 0.664. The van der Waals surface area contributed by atoms with E-state index in [1.165, 1.54) is 0 Å². The number of aromatic nitrogens is 1. The summed E-state index contributed by atoms with van der Waals surface area (Å²) in [4.78, 5) is 9.41. The quantitative estimate of drug-likeness (QED) is 0.651. The Bertz CT molecular complexity index is 912. The van der Waals surface area contributed by atoms with Gasteiger partial charge in [0, 0.05) is 30.1 Å². The number of pyridine rings is 1. The number of fused-ring (bicyclic) bond motifs is 1. The molecule has 1 aromatic heterocycles. The lowest BCUT2D eigenvalue weighted by molar-refractivity contribution is 0.270. The first kappa shape index (κ1) is 17.8. The van der Waals surface area contributed by atoms with Crippen LogP contribution in [0.15, 0.2) is 42.6 Å². The van der Waals surface area contributed by atoms with Gasteiger partial charge in [0.2, 0.25) is 0 Å². The van der Waals surface area contributed by atoms with Gasteiger partial charge in [-0.1, -0.05) is 6.07 Å². The van der Waals surface area contributed by atoms with Crippen LogP contribution in [0.2, 0.25) is 0 Å². The average molecular weight is 354 g/mol. The summed E-state index contributed by atoms with van der Waals surface area (Å²) in [5.41, 5.74) is 6.69. The average Bonchev–Trinajstić information content (AvgIpc) is 2.68. The highest BCUT2D eigenvalue weighted by Crippen LogP contribution is 2.34. The zero-order valence-electron chi connectivity index (χ0n) is 15.3. The normalized spacial score (nSPS) is 10.6. The van der Waals surface area contributed by atoms with Crippen molar-refractivity contribution in [1.29, 1.82) is 0 Å². The molecule has 0 radical (unpaired) electrons. The van der Waals surface area contributed by atoms with Crippen molar-refractivity contribution in [3.63, 3.8) is 0 Å². The third-order valence-corrected chi connectivity index (χ3v) is 4.23. The Morgan fingerprint density at radius 3 is 2.23 bits per heavy atom. The summed E-state index contributed by atoms with van der Waals surface area (Å²) in [5.74, 6) is 2.13. The number of rotatable bonds is 7. The fraction of sp³-hybridized carbons (Fsp3) is 0.250. The summed E-state index contributed by atoms with van der Waals surface area (Å²) in [6.07, 6.45) is 2.50. The molecule has 0 saturated heterocycles. The van der Waals surface area contributed by atoms with E-state index in [9.17, 15) is 0 Å². The van der Waals surface area contributed by atoms with Crippen LogP contribution in [-0.2, 0) is 11.3 Å². The van der Waals surface area contributed by atoms with Gasteiger partial charge in [-0.05, 0) is 29.3 Å². The monoisotopic (exact) mass is 354 g/mol. The number of nitrogens with zero attached hydrogens (tertiary/aromatic N) is 1. The van der Waals surface area contributed by atoms with Crippen LogP contribution in [0.4, 0.5) is 5.69 Å². The predicted molar refractivity (Wildman–Crippen MR) is 101 cm³/mol. The molecule has 3 rings (SSSR count). The molecule has 0 unspecified atom stereocenters. The lowest BCUT2D eigenvalue weighted by atomic mass is 10.00. The number of hydrogen-bond donors (Lipinski definition) is 1. The van der Waals surface area contributed by atoms with Crippen molar-refractivity contribution in [3.05, 3.63) is 53.7 Å². The zero-order chi connectivity index (χ0) is 18.5. The van der Waals surface area contributed by atoms with E-state index in [4.69, 9.17) is 19.0 Å². The molecule has 0 fully saturated rings. The Morgan fingerprint density at radius 1 is 0.808 bits per heavy atom. The summed E-state index contributed by atoms with van der Waals surface area (Å²) in [5, 5.41) is 1.02. The molecule has 0 bridgehead atoms. The highest BCUT2D eigenvalue weighted by molar-refractivity contribution is 5.86. The first-order valence-corrected chi connectivity index (χ1v) is 8.15. The van der Waals surface area contributed by atoms with Crippen molar-refractivity contribution in [3.8, 4) is 17.2 Å². The Kier molecular flexibility index (Phi) is 5.43. The van der Waals surface area contributed by atoms with Crippen LogP contribution in [0.3, 0.4) is 0 Å². The van der Waals surface area contributed by atoms with E-state index in [1.54, 1.807) is 34.6 Å². The van der Waals surface area contributed by atoms with E-state index in [-0.39, 0.29) is 0 Å². The molecule has 0 spiro atoms. The zero-order valence-corrected chi connectivity index (χ0v) is 15.3. The topological polar surface area (TPSA) is 61.8 Å². The molecule has 136 valence electrons. The molecular weight excluding hydrogens is 332 g/mol. The summed E-state index contributed by atoms with van der Waals surface area (Å²) < 4.78 is 16.4. The van der Waals surface area contributed by atoms with Crippen molar-refractivity contribution in [2.45, 2.75) is 6.42 Å². The van der Waals surface area contributed by atoms with E-state index in [0.29, 0.717) is 17.9 Å². The molecule has 1 heterocycles. The summed E-state index contributed by atoms with van der Waals surface area (Å²) in [6.45, 7) is 0. The minimum Gasteiger partial charge on any atom is -0.496 e. The fourth-order valence-electron chi connectivity index (χ4n) is 2.96. The van der Waals surface area contributed by atoms with Gasteiger partial charge in [-0.25, -0.2) is 0 Å². The Labute approximate surface area is 152 Å². The largest absolute Gasteiger partial charge is 0.496 e. The molecule has 0 amide bonds. The van der Waals surface area contributed by atoms with Gasteiger partial charge in [-0.15, -0.1) is 0 Å². The standard InChI is InChI=1S/C20H22N2O4/c1-23-18-10-15(22-26-4)6-5-14(18)9-13-7-8-21-17-12-20(25-3)19(24-2)11-16(13)17/h5-8,10-12,22H,9H2,1-4H3. The molecule has 0 saturated carbocycles. The maximum atomic E-state index is 5.54. The Morgan fingerprint density at radius 2 is 1.54 bits per heavy atom. The summed E-state index contributed by atoms with van der Waals surface area (Å²) in [6, 6.07) is 11.7. The molecule has 6 heteroatoms. The molecule has 2 aromatic carbocycles. The van der Waals surface area contributed by atoms with Crippen LogP contribution in [-0.4, -0.2) is 33.4 Å². The second-order valence-corrected chi connectivity index (χ2v) is 5.70. The number of ether oxygens (including phenoxy) is 3. The van der Waals surface area contributed by atoms with Crippen LogP contribution in [0.5, 0.6) is 17.2 Å². The van der Waals surface area contributed by atoms with Gasteiger partial charge in [0.05, 0.1) is 39.6 Å². The van der Waals surface area contributed by atoms with E-state index in [1.807, 2.05) is 36.4 Å². The first-order valence-electron chi connectivity index (χ1n) is 8.15. The number of methoxy groups -OCH3 is 3. The van der Waals surface area contributed by atoms with E-state index in [0.717, 1.165) is 33.5 Å². The van der Waals surface area contributed by atoms with Gasteiger partial charge in [0.15, 0.2) is 11.5 Å². The molecule has 1 N–H and O–H groups in total. The molecule has 0 aliphatic heterocycles. The van der Waals surface area contributed by atoms with Crippen molar-refractivity contribution in [2.24, 2.45) is 0 Å². The van der Waals surface area contributed by atoms with Gasteiger partial charge < -0.3 is 14.2 Å². The minimum atomic E-state index is 0.664. The number of anilines is 1. The van der Waals surface area contributed by atoms with Gasteiger partial charge in [-0.3, -0.25) is 15.3 Å². The predicted octanol–water partition coefficient (Wildman–Crippen LogP) is 3.82. The SMILES string of the molecule is CONc1ccc(Cc2ccnc3cc(OC)c(OC)cc23)c(OC)c1. The van der Waals surface area contributed by atoms with E-state index in [2.05, 4.69) is 10.5 Å². The molecule has 0 aliphatic carbocycles. The second-order valence-electron chi connectivity index (χ2n) is 5.70. The molecule has 3 aromatic rings. The number of hydrogen-bond acceptors (Lipinski definition) is 6. The van der Waals surface area contributed by atoms with Crippen LogP contribution < -0.4 is 19.7 Å². The lowest BCUT2D eigenvalue weighted by Gasteiger charge is -2.14. The van der Waals surface area contributed by atoms with Crippen molar-refractivity contribution in [2.75, 3.05) is 33.9 Å². The second kappa shape index (κ2) is 7.93. The van der Waals surface area contributed by atoms with Crippen LogP contribution in [0.1, 0.15) is 11.1 Å². The first-order chi connectivity index (χ1) is 12.7. The highest BCUT2D eigenvalue weighted by Gasteiger charge is 2.12. The highest BCUT2D eigenvalue weighted by atomic mass is 16.6. The van der Waals surface area contributed by atoms with Gasteiger partial charge in [0.1, 0.15) is 5.75 Å². The van der Waals surface area contributed by atoms with Crippen LogP contribution >= 0.6 is 0 Å². The van der Waals surface area contributed by atoms with E-state index < -0.39 is 0 Å². The molecule has 0 aliphatic rings. The lowest BCUT2D eigenvalue weighted by Crippen LogP contribution is -2.00. The third-order valence-electron chi connectivity index (χ3n) is 4.23. The van der Waals surface area contributed by atoms with Crippen LogP contribution in [0, 0.1) is 0 Å². The third kappa shape index (κ3) is 3.50. The summed E-state index contributed by atoms with van der Waals surface area (Å²) in [7, 11) is 6.48. The van der Waals surface area contributed by atoms with Gasteiger partial charge >= 0.3 is 0 Å². The molecule has 6 nitrogen and oxygen atoms in total. The van der Waals surface area contributed by atoms with Crippen molar-refractivity contribution >= 4 is 16.6 Å². The summed E-state index contributed by atoms with van der Waals surface area (Å²) >= 11 is 0. The fourth-order valence-corrected chi connectivity index (χ4v) is 2.96. The molecule has 26 heavy (non-hydrogen) atoms. The van der Waals surface area contributed by atoms with Gasteiger partial charge in [0.25, 0.3) is 0 Å². The smallest absolute Gasteiger partial charge is 0.162 e. The maximum Gasteiger partial charge on any atom is 0.162 e. The van der Waals surface area contributed by atoms with Crippen LogP contribution in [0.25, 0.3) is 10.9 Å². The molecule has 0 atom stereocenters. The van der Waals surface area contributed by atoms with E-state index >= 15 is 0 Å². The molecular formula is C20H22N2O4. The van der Waals surface area contributed by atoms with Gasteiger partial charge in [-0.2, -0.15) is 0 Å².